The largest absolute Gasteiger partial charge is 0.310 e. The predicted molar refractivity (Wildman–Crippen MR) is 85.5 cm³/mol. The van der Waals surface area contributed by atoms with Crippen molar-refractivity contribution in [2.75, 3.05) is 6.54 Å². The molecule has 0 fully saturated rings. The van der Waals surface area contributed by atoms with E-state index in [1.54, 1.807) is 0 Å². The Balaban J connectivity index is 2.77. The summed E-state index contributed by atoms with van der Waals surface area (Å²) in [5, 5.41) is 3.72. The fourth-order valence-corrected chi connectivity index (χ4v) is 2.75. The summed E-state index contributed by atoms with van der Waals surface area (Å²) in [5.74, 6) is 0.702. The maximum Gasteiger partial charge on any atom is 0.0346 e. The maximum atomic E-state index is 3.72. The van der Waals surface area contributed by atoms with Crippen molar-refractivity contribution in [1.29, 1.82) is 0 Å². The van der Waals surface area contributed by atoms with Crippen molar-refractivity contribution in [3.05, 3.63) is 35.4 Å². The molecule has 0 saturated heterocycles. The molecular formula is C18H31N. The summed E-state index contributed by atoms with van der Waals surface area (Å²) in [7, 11) is 0. The van der Waals surface area contributed by atoms with Crippen molar-refractivity contribution in [1.82, 2.24) is 5.32 Å². The molecule has 2 atom stereocenters. The van der Waals surface area contributed by atoms with Gasteiger partial charge in [0.05, 0.1) is 0 Å². The first-order valence-electron chi connectivity index (χ1n) is 8.05. The van der Waals surface area contributed by atoms with Gasteiger partial charge in [-0.15, -0.1) is 0 Å². The monoisotopic (exact) mass is 261 g/mol. The van der Waals surface area contributed by atoms with Crippen LogP contribution in [0.15, 0.2) is 24.3 Å². The Labute approximate surface area is 119 Å². The van der Waals surface area contributed by atoms with Gasteiger partial charge in [0.1, 0.15) is 0 Å². The average Bonchev–Trinajstić information content (AvgIpc) is 2.41. The molecule has 1 nitrogen and oxygen atoms in total. The van der Waals surface area contributed by atoms with Crippen LogP contribution in [0.25, 0.3) is 0 Å². The van der Waals surface area contributed by atoms with Crippen LogP contribution in [0.1, 0.15) is 70.5 Å². The van der Waals surface area contributed by atoms with E-state index in [1.807, 2.05) is 0 Å². The number of hydrogen-bond acceptors (Lipinski definition) is 1. The molecule has 0 radical (unpaired) electrons. The smallest absolute Gasteiger partial charge is 0.0346 e. The van der Waals surface area contributed by atoms with Gasteiger partial charge in [0.2, 0.25) is 0 Å². The summed E-state index contributed by atoms with van der Waals surface area (Å²) in [6.45, 7) is 10.2. The van der Waals surface area contributed by atoms with Crippen LogP contribution in [-0.2, 0) is 6.42 Å². The summed E-state index contributed by atoms with van der Waals surface area (Å²) in [6, 6.07) is 9.76. The zero-order valence-corrected chi connectivity index (χ0v) is 13.2. The minimum atomic E-state index is 0.510. The van der Waals surface area contributed by atoms with E-state index in [4.69, 9.17) is 0 Å². The lowest BCUT2D eigenvalue weighted by atomic mass is 9.90. The molecule has 0 saturated carbocycles. The van der Waals surface area contributed by atoms with Gasteiger partial charge in [0.15, 0.2) is 0 Å². The van der Waals surface area contributed by atoms with E-state index in [0.29, 0.717) is 12.0 Å². The Kier molecular flexibility index (Phi) is 7.81. The number of benzene rings is 1. The minimum Gasteiger partial charge on any atom is -0.310 e. The molecule has 0 heterocycles. The molecule has 108 valence electrons. The molecule has 0 aliphatic carbocycles. The SMILES string of the molecule is CCCNC(c1ccc(CCC)cc1)C(C)CCC. The van der Waals surface area contributed by atoms with Crippen molar-refractivity contribution in [3.8, 4) is 0 Å². The molecule has 1 aromatic rings. The maximum absolute atomic E-state index is 3.72. The van der Waals surface area contributed by atoms with E-state index in [-0.39, 0.29) is 0 Å². The first-order chi connectivity index (χ1) is 9.22. The first kappa shape index (κ1) is 16.2. The third-order valence-electron chi connectivity index (χ3n) is 3.80. The van der Waals surface area contributed by atoms with Crippen LogP contribution in [0.2, 0.25) is 0 Å². The van der Waals surface area contributed by atoms with Crippen LogP contribution in [0.4, 0.5) is 0 Å². The van der Waals surface area contributed by atoms with E-state index in [1.165, 1.54) is 43.2 Å². The molecule has 1 N–H and O–H groups in total. The molecular weight excluding hydrogens is 230 g/mol. The van der Waals surface area contributed by atoms with Gasteiger partial charge in [0, 0.05) is 6.04 Å². The fourth-order valence-electron chi connectivity index (χ4n) is 2.75. The van der Waals surface area contributed by atoms with Gasteiger partial charge in [-0.25, -0.2) is 0 Å². The summed E-state index contributed by atoms with van der Waals surface area (Å²) >= 11 is 0. The van der Waals surface area contributed by atoms with Crippen LogP contribution in [-0.4, -0.2) is 6.54 Å². The van der Waals surface area contributed by atoms with Crippen molar-refractivity contribution < 1.29 is 0 Å². The summed E-state index contributed by atoms with van der Waals surface area (Å²) in [5.41, 5.74) is 2.91. The zero-order chi connectivity index (χ0) is 14.1. The van der Waals surface area contributed by atoms with Gasteiger partial charge in [-0.05, 0) is 42.9 Å². The Morgan fingerprint density at radius 3 is 2.16 bits per heavy atom. The lowest BCUT2D eigenvalue weighted by Crippen LogP contribution is -2.27. The highest BCUT2D eigenvalue weighted by Gasteiger charge is 2.17. The number of aryl methyl sites for hydroxylation is 1. The quantitative estimate of drug-likeness (QED) is 0.651. The van der Waals surface area contributed by atoms with Crippen LogP contribution in [0.3, 0.4) is 0 Å². The number of rotatable bonds is 9. The van der Waals surface area contributed by atoms with E-state index in [0.717, 1.165) is 6.54 Å². The molecule has 0 spiro atoms. The highest BCUT2D eigenvalue weighted by atomic mass is 14.9. The lowest BCUT2D eigenvalue weighted by Gasteiger charge is -2.25. The predicted octanol–water partition coefficient (Wildman–Crippen LogP) is 5.12. The van der Waals surface area contributed by atoms with Crippen molar-refractivity contribution >= 4 is 0 Å². The molecule has 1 aromatic carbocycles. The highest BCUT2D eigenvalue weighted by molar-refractivity contribution is 5.25. The summed E-state index contributed by atoms with van der Waals surface area (Å²) in [4.78, 5) is 0. The molecule has 0 aromatic heterocycles. The normalized spacial score (nSPS) is 14.3. The molecule has 19 heavy (non-hydrogen) atoms. The average molecular weight is 261 g/mol. The molecule has 1 heteroatoms. The molecule has 0 aliphatic heterocycles. The van der Waals surface area contributed by atoms with Gasteiger partial charge in [-0.3, -0.25) is 0 Å². The molecule has 0 amide bonds. The zero-order valence-electron chi connectivity index (χ0n) is 13.2. The Morgan fingerprint density at radius 2 is 1.63 bits per heavy atom. The lowest BCUT2D eigenvalue weighted by molar-refractivity contribution is 0.363. The van der Waals surface area contributed by atoms with E-state index in [2.05, 4.69) is 57.3 Å². The number of hydrogen-bond donors (Lipinski definition) is 1. The van der Waals surface area contributed by atoms with Crippen molar-refractivity contribution in [2.45, 2.75) is 65.8 Å². The standard InChI is InChI=1S/C18H31N/c1-5-8-15(4)18(19-14-7-3)17-12-10-16(9-6-2)11-13-17/h10-13,15,18-19H,5-9,14H2,1-4H3. The van der Waals surface area contributed by atoms with Gasteiger partial charge < -0.3 is 5.32 Å². The number of nitrogens with one attached hydrogen (secondary N) is 1. The van der Waals surface area contributed by atoms with E-state index >= 15 is 0 Å². The van der Waals surface area contributed by atoms with Gasteiger partial charge >= 0.3 is 0 Å². The van der Waals surface area contributed by atoms with Crippen molar-refractivity contribution in [3.63, 3.8) is 0 Å². The molecule has 0 aliphatic rings. The summed E-state index contributed by atoms with van der Waals surface area (Å²) in [6.07, 6.45) is 6.17. The molecule has 1 rings (SSSR count). The Morgan fingerprint density at radius 1 is 0.947 bits per heavy atom. The van der Waals surface area contributed by atoms with Crippen molar-refractivity contribution in [2.24, 2.45) is 5.92 Å². The molecule has 2 unspecified atom stereocenters. The van der Waals surface area contributed by atoms with Gasteiger partial charge in [-0.2, -0.15) is 0 Å². The van der Waals surface area contributed by atoms with Crippen LogP contribution < -0.4 is 5.32 Å². The second-order valence-corrected chi connectivity index (χ2v) is 5.69. The Bertz CT molecular complexity index is 328. The van der Waals surface area contributed by atoms with Gasteiger partial charge in [-0.1, -0.05) is 64.8 Å². The van der Waals surface area contributed by atoms with E-state index < -0.39 is 0 Å². The minimum absolute atomic E-state index is 0.510. The van der Waals surface area contributed by atoms with Crippen LogP contribution >= 0.6 is 0 Å². The second-order valence-electron chi connectivity index (χ2n) is 5.69. The summed E-state index contributed by atoms with van der Waals surface area (Å²) < 4.78 is 0. The fraction of sp³-hybridized carbons (Fsp3) is 0.667. The first-order valence-corrected chi connectivity index (χ1v) is 8.05. The highest BCUT2D eigenvalue weighted by Crippen LogP contribution is 2.26. The topological polar surface area (TPSA) is 12.0 Å². The van der Waals surface area contributed by atoms with Crippen LogP contribution in [0.5, 0.6) is 0 Å². The second kappa shape index (κ2) is 9.14. The third-order valence-corrected chi connectivity index (χ3v) is 3.80. The van der Waals surface area contributed by atoms with E-state index in [9.17, 15) is 0 Å². The van der Waals surface area contributed by atoms with Crippen LogP contribution in [0, 0.1) is 5.92 Å². The Hall–Kier alpha value is -0.820. The molecule has 0 bridgehead atoms. The third kappa shape index (κ3) is 5.36. The van der Waals surface area contributed by atoms with Gasteiger partial charge in [0.25, 0.3) is 0 Å².